The minimum absolute atomic E-state index is 0.0625. The third-order valence-corrected chi connectivity index (χ3v) is 4.49. The van der Waals surface area contributed by atoms with Crippen LogP contribution >= 0.6 is 0 Å². The minimum atomic E-state index is -0.218. The first-order chi connectivity index (χ1) is 8.51. The maximum atomic E-state index is 12.1. The van der Waals surface area contributed by atoms with E-state index in [9.17, 15) is 4.79 Å². The zero-order valence-electron chi connectivity index (χ0n) is 11.2. The van der Waals surface area contributed by atoms with Gasteiger partial charge in [0.05, 0.1) is 5.84 Å². The Morgan fingerprint density at radius 3 is 2.39 bits per heavy atom. The van der Waals surface area contributed by atoms with Gasteiger partial charge in [-0.3, -0.25) is 5.41 Å². The quantitative estimate of drug-likeness (QED) is 0.516. The van der Waals surface area contributed by atoms with E-state index < -0.39 is 0 Å². The molecule has 0 aromatic rings. The first kappa shape index (κ1) is 13.2. The Labute approximate surface area is 109 Å². The lowest BCUT2D eigenvalue weighted by molar-refractivity contribution is 0.156. The Hall–Kier alpha value is -1.26. The van der Waals surface area contributed by atoms with Gasteiger partial charge in [0.25, 0.3) is 0 Å². The Kier molecular flexibility index (Phi) is 3.78. The minimum Gasteiger partial charge on any atom is -0.387 e. The lowest BCUT2D eigenvalue weighted by atomic mass is 9.79. The molecule has 0 radical (unpaired) electrons. The van der Waals surface area contributed by atoms with Gasteiger partial charge in [-0.25, -0.2) is 4.79 Å². The fraction of sp³-hybridized carbons (Fsp3) is 0.846. The van der Waals surface area contributed by atoms with Gasteiger partial charge in [-0.15, -0.1) is 0 Å². The molecule has 1 saturated carbocycles. The van der Waals surface area contributed by atoms with Crippen molar-refractivity contribution in [3.05, 3.63) is 0 Å². The molecule has 102 valence electrons. The summed E-state index contributed by atoms with van der Waals surface area (Å²) in [6, 6.07) is 0.436. The van der Waals surface area contributed by atoms with Gasteiger partial charge in [0.15, 0.2) is 0 Å². The van der Waals surface area contributed by atoms with E-state index in [-0.39, 0.29) is 17.3 Å². The van der Waals surface area contributed by atoms with Crippen LogP contribution in [0.15, 0.2) is 0 Å². The van der Waals surface area contributed by atoms with E-state index in [0.29, 0.717) is 19.1 Å². The van der Waals surface area contributed by atoms with Crippen molar-refractivity contribution < 1.29 is 4.79 Å². The van der Waals surface area contributed by atoms with Gasteiger partial charge in [-0.05, 0) is 25.7 Å². The first-order valence-corrected chi connectivity index (χ1v) is 6.91. The number of nitrogens with zero attached hydrogens (tertiary/aromatic N) is 1. The number of rotatable bonds is 2. The van der Waals surface area contributed by atoms with Gasteiger partial charge in [0.1, 0.15) is 0 Å². The molecule has 0 bridgehead atoms. The number of hydrogen-bond acceptors (Lipinski definition) is 2. The molecular weight excluding hydrogens is 228 g/mol. The smallest absolute Gasteiger partial charge is 0.317 e. The highest BCUT2D eigenvalue weighted by molar-refractivity contribution is 5.83. The second kappa shape index (κ2) is 5.16. The number of carbonyl (C=O) groups is 1. The van der Waals surface area contributed by atoms with Crippen LogP contribution in [0.5, 0.6) is 0 Å². The predicted octanol–water partition coefficient (Wildman–Crippen LogP) is 1.68. The van der Waals surface area contributed by atoms with E-state index in [2.05, 4.69) is 5.32 Å². The van der Waals surface area contributed by atoms with Crippen molar-refractivity contribution in [3.8, 4) is 0 Å². The molecule has 2 aliphatic rings. The second-order valence-electron chi connectivity index (χ2n) is 5.89. The Bertz CT molecular complexity index is 328. The van der Waals surface area contributed by atoms with Crippen molar-refractivity contribution in [3.63, 3.8) is 0 Å². The van der Waals surface area contributed by atoms with Crippen molar-refractivity contribution in [2.45, 2.75) is 51.5 Å². The van der Waals surface area contributed by atoms with Gasteiger partial charge in [0.2, 0.25) is 0 Å². The molecule has 0 unspecified atom stereocenters. The summed E-state index contributed by atoms with van der Waals surface area (Å²) in [4.78, 5) is 13.9. The molecule has 1 aliphatic heterocycles. The molecule has 1 saturated heterocycles. The molecule has 0 atom stereocenters. The first-order valence-electron chi connectivity index (χ1n) is 6.91. The number of piperidine rings is 1. The van der Waals surface area contributed by atoms with Crippen LogP contribution in [0.3, 0.4) is 0 Å². The van der Waals surface area contributed by atoms with Crippen LogP contribution in [-0.2, 0) is 0 Å². The average Bonchev–Trinajstić information content (AvgIpc) is 2.82. The van der Waals surface area contributed by atoms with Crippen molar-refractivity contribution in [1.82, 2.24) is 10.2 Å². The van der Waals surface area contributed by atoms with E-state index in [1.54, 1.807) is 0 Å². The van der Waals surface area contributed by atoms with E-state index in [1.807, 2.05) is 11.8 Å². The molecule has 5 heteroatoms. The summed E-state index contributed by atoms with van der Waals surface area (Å²) in [5.41, 5.74) is 5.40. The van der Waals surface area contributed by atoms with Crippen LogP contribution in [0, 0.1) is 10.8 Å². The standard InChI is InChI=1S/C13H24N4O/c1-13(11(14)15)6-8-17(9-7-13)12(18)16-10-4-2-3-5-10/h10H,2-9H2,1H3,(H3,14,15)(H,16,18). The van der Waals surface area contributed by atoms with Gasteiger partial charge in [0, 0.05) is 24.5 Å². The molecule has 2 amide bonds. The van der Waals surface area contributed by atoms with Crippen molar-refractivity contribution in [1.29, 1.82) is 5.41 Å². The number of urea groups is 1. The highest BCUT2D eigenvalue weighted by Crippen LogP contribution is 2.30. The molecule has 18 heavy (non-hydrogen) atoms. The lowest BCUT2D eigenvalue weighted by Gasteiger charge is -2.38. The number of hydrogen-bond donors (Lipinski definition) is 3. The van der Waals surface area contributed by atoms with Gasteiger partial charge in [-0.2, -0.15) is 0 Å². The summed E-state index contributed by atoms with van der Waals surface area (Å²) >= 11 is 0. The third-order valence-electron chi connectivity index (χ3n) is 4.49. The van der Waals surface area contributed by atoms with E-state index in [0.717, 1.165) is 25.7 Å². The largest absolute Gasteiger partial charge is 0.387 e. The fourth-order valence-corrected chi connectivity index (χ4v) is 2.81. The molecule has 4 N–H and O–H groups in total. The van der Waals surface area contributed by atoms with Crippen LogP contribution in [0.4, 0.5) is 4.79 Å². The van der Waals surface area contributed by atoms with Crippen LogP contribution in [0.2, 0.25) is 0 Å². The molecule has 2 fully saturated rings. The maximum absolute atomic E-state index is 12.1. The van der Waals surface area contributed by atoms with Crippen molar-refractivity contribution in [2.75, 3.05) is 13.1 Å². The zero-order valence-corrected chi connectivity index (χ0v) is 11.2. The van der Waals surface area contributed by atoms with Crippen LogP contribution < -0.4 is 11.1 Å². The number of carbonyl (C=O) groups excluding carboxylic acids is 1. The molecule has 0 aromatic heterocycles. The predicted molar refractivity (Wildman–Crippen MR) is 71.6 cm³/mol. The fourth-order valence-electron chi connectivity index (χ4n) is 2.81. The van der Waals surface area contributed by atoms with Crippen LogP contribution in [0.1, 0.15) is 45.4 Å². The summed E-state index contributed by atoms with van der Waals surface area (Å²) < 4.78 is 0. The third kappa shape index (κ3) is 2.76. The topological polar surface area (TPSA) is 82.2 Å². The Morgan fingerprint density at radius 1 is 1.33 bits per heavy atom. The lowest BCUT2D eigenvalue weighted by Crippen LogP contribution is -2.51. The van der Waals surface area contributed by atoms with Gasteiger partial charge in [-0.1, -0.05) is 19.8 Å². The van der Waals surface area contributed by atoms with E-state index >= 15 is 0 Å². The number of amides is 2. The molecule has 1 aliphatic carbocycles. The monoisotopic (exact) mass is 252 g/mol. The van der Waals surface area contributed by atoms with Crippen LogP contribution in [-0.4, -0.2) is 35.9 Å². The summed E-state index contributed by atoms with van der Waals surface area (Å²) in [6.45, 7) is 3.42. The number of amidine groups is 1. The molecule has 0 spiro atoms. The van der Waals surface area contributed by atoms with Crippen molar-refractivity contribution in [2.24, 2.45) is 11.1 Å². The average molecular weight is 252 g/mol. The van der Waals surface area contributed by atoms with E-state index in [1.165, 1.54) is 12.8 Å². The van der Waals surface area contributed by atoms with Gasteiger partial charge < -0.3 is 16.0 Å². The number of nitrogens with one attached hydrogen (secondary N) is 2. The molecule has 0 aromatic carbocycles. The van der Waals surface area contributed by atoms with Crippen molar-refractivity contribution >= 4 is 11.9 Å². The molecule has 5 nitrogen and oxygen atoms in total. The Morgan fingerprint density at radius 2 is 1.89 bits per heavy atom. The van der Waals surface area contributed by atoms with E-state index in [4.69, 9.17) is 11.1 Å². The SMILES string of the molecule is CC1(C(=N)N)CCN(C(=O)NC2CCCC2)CC1. The zero-order chi connectivity index (χ0) is 13.2. The highest BCUT2D eigenvalue weighted by Gasteiger charge is 2.34. The normalized spacial score (nSPS) is 23.9. The number of nitrogens with two attached hydrogens (primary N) is 1. The number of likely N-dealkylation sites (tertiary alicyclic amines) is 1. The summed E-state index contributed by atoms with van der Waals surface area (Å²) in [5, 5.41) is 10.7. The summed E-state index contributed by atoms with van der Waals surface area (Å²) in [5.74, 6) is 0.248. The van der Waals surface area contributed by atoms with Crippen LogP contribution in [0.25, 0.3) is 0 Å². The summed E-state index contributed by atoms with van der Waals surface area (Å²) in [6.07, 6.45) is 6.27. The molecular formula is C13H24N4O. The summed E-state index contributed by atoms with van der Waals surface area (Å²) in [7, 11) is 0. The highest BCUT2D eigenvalue weighted by atomic mass is 16.2. The molecule has 1 heterocycles. The Balaban J connectivity index is 1.81. The maximum Gasteiger partial charge on any atom is 0.317 e. The van der Waals surface area contributed by atoms with Gasteiger partial charge >= 0.3 is 6.03 Å². The second-order valence-corrected chi connectivity index (χ2v) is 5.89. The molecule has 2 rings (SSSR count).